The molecular formula is C23H38N2O12P+. The lowest BCUT2D eigenvalue weighted by Crippen LogP contribution is -2.41. The zero-order valence-corrected chi connectivity index (χ0v) is 22.1. The molecule has 0 aliphatic carbocycles. The molecule has 15 heteroatoms. The van der Waals surface area contributed by atoms with Crippen LogP contribution in [0.4, 0.5) is 0 Å². The molecule has 0 rings (SSSR count). The first kappa shape index (κ1) is 35.0. The highest BCUT2D eigenvalue weighted by molar-refractivity contribution is 7.39. The van der Waals surface area contributed by atoms with Gasteiger partial charge in [-0.15, -0.1) is 4.52 Å². The minimum Gasteiger partial charge on any atom is -0.481 e. The van der Waals surface area contributed by atoms with Crippen LogP contribution in [-0.2, 0) is 37.9 Å². The van der Waals surface area contributed by atoms with Crippen molar-refractivity contribution in [3.8, 4) is 0 Å². The molecule has 0 radical (unpaired) electrons. The van der Waals surface area contributed by atoms with Crippen LogP contribution < -0.4 is 11.1 Å². The molecule has 0 spiro atoms. The second kappa shape index (κ2) is 20.1. The van der Waals surface area contributed by atoms with Gasteiger partial charge < -0.3 is 31.5 Å². The molecule has 0 saturated carbocycles. The smallest absolute Gasteiger partial charge is 0.481 e. The number of hydrogen-bond acceptors (Lipinski definition) is 9. The van der Waals surface area contributed by atoms with E-state index in [1.807, 2.05) is 0 Å². The van der Waals surface area contributed by atoms with E-state index in [0.29, 0.717) is 13.0 Å². The molecular weight excluding hydrogens is 527 g/mol. The molecule has 7 N–H and O–H groups in total. The summed E-state index contributed by atoms with van der Waals surface area (Å²) in [5, 5.41) is 38.7. The molecule has 4 atom stereocenters. The summed E-state index contributed by atoms with van der Waals surface area (Å²) in [7, 11) is -2.43. The quantitative estimate of drug-likeness (QED) is 0.0720. The van der Waals surface area contributed by atoms with Crippen LogP contribution in [0.15, 0.2) is 0 Å². The Morgan fingerprint density at radius 2 is 1.39 bits per heavy atom. The van der Waals surface area contributed by atoms with Gasteiger partial charge >= 0.3 is 31.9 Å². The molecule has 0 bridgehead atoms. The van der Waals surface area contributed by atoms with E-state index in [4.69, 9.17) is 20.5 Å². The van der Waals surface area contributed by atoms with E-state index >= 15 is 0 Å². The SMILES string of the molecule is NCCCCCC(=O)C[C@@H](CCC(=O)NC(CCCO[P+](=O)CC(CCC(=O)O)C(=O)O)C(=O)O)C(=O)O. The first-order valence-corrected chi connectivity index (χ1v) is 13.7. The third-order valence-electron chi connectivity index (χ3n) is 5.63. The van der Waals surface area contributed by atoms with Gasteiger partial charge in [0.1, 0.15) is 24.3 Å². The molecule has 1 amide bonds. The van der Waals surface area contributed by atoms with Gasteiger partial charge in [-0.05, 0) is 49.6 Å². The van der Waals surface area contributed by atoms with Crippen LogP contribution in [0.25, 0.3) is 0 Å². The van der Waals surface area contributed by atoms with Crippen molar-refractivity contribution in [3.05, 3.63) is 0 Å². The van der Waals surface area contributed by atoms with Crippen molar-refractivity contribution in [1.29, 1.82) is 0 Å². The number of nitrogens with one attached hydrogen (secondary N) is 1. The molecule has 0 aliphatic rings. The van der Waals surface area contributed by atoms with E-state index in [2.05, 4.69) is 5.32 Å². The number of unbranched alkanes of at least 4 members (excludes halogenated alkanes) is 2. The van der Waals surface area contributed by atoms with Gasteiger partial charge in [-0.3, -0.25) is 24.0 Å². The fourth-order valence-electron chi connectivity index (χ4n) is 3.44. The molecule has 0 aromatic carbocycles. The number of carbonyl (C=O) groups excluding carboxylic acids is 2. The highest BCUT2D eigenvalue weighted by Gasteiger charge is 2.31. The lowest BCUT2D eigenvalue weighted by molar-refractivity contribution is -0.145. The monoisotopic (exact) mass is 565 g/mol. The van der Waals surface area contributed by atoms with Crippen molar-refractivity contribution in [1.82, 2.24) is 5.32 Å². The Balaban J connectivity index is 4.53. The molecule has 14 nitrogen and oxygen atoms in total. The normalized spacial score (nSPS) is 13.7. The summed E-state index contributed by atoms with van der Waals surface area (Å²) in [6.45, 7) is 0.323. The number of Topliss-reactive ketones (excluding diaryl/α,β-unsaturated/α-hetero) is 1. The summed E-state index contributed by atoms with van der Waals surface area (Å²) in [6.07, 6.45) is 0.648. The summed E-state index contributed by atoms with van der Waals surface area (Å²) in [5.74, 6) is -8.21. The van der Waals surface area contributed by atoms with Crippen molar-refractivity contribution in [2.24, 2.45) is 17.6 Å². The number of aliphatic carboxylic acids is 4. The van der Waals surface area contributed by atoms with Crippen LogP contribution in [0.2, 0.25) is 0 Å². The third-order valence-corrected chi connectivity index (χ3v) is 6.84. The number of nitrogens with two attached hydrogens (primary N) is 1. The largest absolute Gasteiger partial charge is 0.508 e. The van der Waals surface area contributed by atoms with Gasteiger partial charge in [0, 0.05) is 25.7 Å². The zero-order valence-electron chi connectivity index (χ0n) is 21.2. The van der Waals surface area contributed by atoms with Crippen LogP contribution in [0.5, 0.6) is 0 Å². The maximum Gasteiger partial charge on any atom is 0.508 e. The number of rotatable bonds is 24. The van der Waals surface area contributed by atoms with Crippen LogP contribution >= 0.6 is 8.03 Å². The second-order valence-corrected chi connectivity index (χ2v) is 10.1. The van der Waals surface area contributed by atoms with Gasteiger partial charge in [-0.25, -0.2) is 4.79 Å². The van der Waals surface area contributed by atoms with Crippen molar-refractivity contribution in [2.75, 3.05) is 19.3 Å². The van der Waals surface area contributed by atoms with E-state index in [-0.39, 0.29) is 57.3 Å². The number of ketones is 1. The van der Waals surface area contributed by atoms with Crippen molar-refractivity contribution < 1.29 is 58.3 Å². The average Bonchev–Trinajstić information content (AvgIpc) is 2.83. The van der Waals surface area contributed by atoms with Gasteiger partial charge in [0.15, 0.2) is 6.16 Å². The van der Waals surface area contributed by atoms with Crippen molar-refractivity contribution in [2.45, 2.75) is 76.7 Å². The van der Waals surface area contributed by atoms with Gasteiger partial charge in [0.25, 0.3) is 0 Å². The lowest BCUT2D eigenvalue weighted by Gasteiger charge is -2.15. The minimum atomic E-state index is -2.43. The molecule has 0 aliphatic heterocycles. The summed E-state index contributed by atoms with van der Waals surface area (Å²) >= 11 is 0. The molecule has 0 aromatic rings. The first-order chi connectivity index (χ1) is 17.9. The predicted molar refractivity (Wildman–Crippen MR) is 133 cm³/mol. The lowest BCUT2D eigenvalue weighted by atomic mass is 9.94. The maximum absolute atomic E-state index is 12.2. The average molecular weight is 566 g/mol. The Morgan fingerprint density at radius 1 is 0.763 bits per heavy atom. The molecule has 0 fully saturated rings. The Hall–Kier alpha value is -2.96. The molecule has 216 valence electrons. The van der Waals surface area contributed by atoms with Gasteiger partial charge in [0.2, 0.25) is 5.91 Å². The van der Waals surface area contributed by atoms with Crippen molar-refractivity contribution in [3.63, 3.8) is 0 Å². The Labute approximate surface area is 221 Å². The Morgan fingerprint density at radius 3 is 1.95 bits per heavy atom. The van der Waals surface area contributed by atoms with E-state index < -0.39 is 68.3 Å². The third kappa shape index (κ3) is 17.5. The standard InChI is InChI=1S/C23H37N2O12P/c24-11-3-1-2-5-17(26)13-15(21(30)31)7-9-19(27)25-18(23(34)35)6-4-12-37-38(36)14-16(22(32)33)8-10-20(28)29/h15-16,18H,1-14,24H2,(H4-,25,27,28,29,30,31,32,33,34,35)/p+1/t15-,16?,18?/m1/s1. The van der Waals surface area contributed by atoms with Crippen LogP contribution in [0.3, 0.4) is 0 Å². The Bertz CT molecular complexity index is 835. The summed E-state index contributed by atoms with van der Waals surface area (Å²) in [6, 6.07) is -1.32. The maximum atomic E-state index is 12.2. The van der Waals surface area contributed by atoms with Crippen molar-refractivity contribution >= 4 is 43.6 Å². The first-order valence-electron chi connectivity index (χ1n) is 12.4. The highest BCUT2D eigenvalue weighted by atomic mass is 31.1. The van der Waals surface area contributed by atoms with Gasteiger partial charge in [0.05, 0.1) is 5.92 Å². The van der Waals surface area contributed by atoms with Crippen LogP contribution in [0.1, 0.15) is 70.6 Å². The second-order valence-electron chi connectivity index (χ2n) is 8.83. The van der Waals surface area contributed by atoms with E-state index in [1.54, 1.807) is 0 Å². The molecule has 0 aromatic heterocycles. The Kier molecular flexibility index (Phi) is 18.5. The van der Waals surface area contributed by atoms with Crippen LogP contribution in [0, 0.1) is 11.8 Å². The zero-order chi connectivity index (χ0) is 29.1. The number of hydrogen-bond donors (Lipinski definition) is 6. The summed E-state index contributed by atoms with van der Waals surface area (Å²) < 4.78 is 17.0. The summed E-state index contributed by atoms with van der Waals surface area (Å²) in [4.78, 5) is 68.9. The molecule has 3 unspecified atom stereocenters. The van der Waals surface area contributed by atoms with Gasteiger partial charge in [-0.1, -0.05) is 6.42 Å². The topological polar surface area (TPSA) is 248 Å². The van der Waals surface area contributed by atoms with E-state index in [0.717, 1.165) is 12.8 Å². The van der Waals surface area contributed by atoms with Gasteiger partial charge in [-0.2, -0.15) is 0 Å². The fourth-order valence-corrected chi connectivity index (χ4v) is 4.58. The number of amides is 1. The minimum absolute atomic E-state index is 0.0571. The molecule has 38 heavy (non-hydrogen) atoms. The van der Waals surface area contributed by atoms with E-state index in [9.17, 15) is 43.5 Å². The fraction of sp³-hybridized carbons (Fsp3) is 0.739. The number of carboxylic acids is 4. The van der Waals surface area contributed by atoms with Crippen LogP contribution in [-0.4, -0.2) is 81.3 Å². The summed E-state index contributed by atoms with van der Waals surface area (Å²) in [5.41, 5.74) is 5.39. The predicted octanol–water partition coefficient (Wildman–Crippen LogP) is 1.62. The number of carboxylic acid groups (broad SMARTS) is 4. The molecule has 0 heterocycles. The highest BCUT2D eigenvalue weighted by Crippen LogP contribution is 2.28. The number of carbonyl (C=O) groups is 6. The molecule has 0 saturated heterocycles. The van der Waals surface area contributed by atoms with E-state index in [1.165, 1.54) is 0 Å².